The van der Waals surface area contributed by atoms with E-state index in [1.54, 1.807) is 30.3 Å². The maximum atomic E-state index is 9.62. The third-order valence-corrected chi connectivity index (χ3v) is 4.07. The topological polar surface area (TPSA) is 66.5 Å². The van der Waals surface area contributed by atoms with Crippen molar-refractivity contribution in [1.82, 2.24) is 4.98 Å². The van der Waals surface area contributed by atoms with Gasteiger partial charge in [-0.05, 0) is 53.6 Å². The summed E-state index contributed by atoms with van der Waals surface area (Å²) >= 11 is 5.94. The Morgan fingerprint density at radius 3 is 2.42 bits per heavy atom. The first-order valence-electron chi connectivity index (χ1n) is 7.29. The summed E-state index contributed by atoms with van der Waals surface area (Å²) in [6.45, 7) is 0. The Kier molecular flexibility index (Phi) is 3.40. The van der Waals surface area contributed by atoms with E-state index in [-0.39, 0.29) is 16.5 Å². The number of phenolic OH excluding ortho intramolecular Hbond substituents is 2. The van der Waals surface area contributed by atoms with Crippen molar-refractivity contribution in [1.29, 1.82) is 0 Å². The molecule has 0 aliphatic carbocycles. The zero-order valence-electron chi connectivity index (χ0n) is 12.4. The molecule has 0 aliphatic heterocycles. The molecule has 24 heavy (non-hydrogen) atoms. The summed E-state index contributed by atoms with van der Waals surface area (Å²) in [5.41, 5.74) is 3.86. The van der Waals surface area contributed by atoms with Crippen molar-refractivity contribution in [3.63, 3.8) is 0 Å². The third-order valence-electron chi connectivity index (χ3n) is 3.76. The van der Waals surface area contributed by atoms with Crippen LogP contribution in [0, 0.1) is 0 Å². The highest BCUT2D eigenvalue weighted by atomic mass is 35.5. The second kappa shape index (κ2) is 5.58. The second-order valence-corrected chi connectivity index (χ2v) is 5.83. The van der Waals surface area contributed by atoms with Crippen LogP contribution in [0.3, 0.4) is 0 Å². The standard InChI is InChI=1S/C19H12ClNO3/c20-15-9-13(5-7-17(15)23)19-21-16-6-4-12(10-18(16)24-19)11-2-1-3-14(22)8-11/h1-10,22-23H. The lowest BCUT2D eigenvalue weighted by Gasteiger charge is -2.01. The highest BCUT2D eigenvalue weighted by Gasteiger charge is 2.11. The highest BCUT2D eigenvalue weighted by molar-refractivity contribution is 6.32. The Bertz CT molecular complexity index is 1060. The van der Waals surface area contributed by atoms with Crippen molar-refractivity contribution in [2.45, 2.75) is 0 Å². The molecule has 0 bridgehead atoms. The average Bonchev–Trinajstić information content (AvgIpc) is 3.00. The normalized spacial score (nSPS) is 11.0. The molecule has 0 atom stereocenters. The second-order valence-electron chi connectivity index (χ2n) is 5.42. The summed E-state index contributed by atoms with van der Waals surface area (Å²) in [6.07, 6.45) is 0. The van der Waals surface area contributed by atoms with Crippen LogP contribution >= 0.6 is 11.6 Å². The van der Waals surface area contributed by atoms with Crippen LogP contribution < -0.4 is 0 Å². The minimum Gasteiger partial charge on any atom is -0.508 e. The number of phenols is 2. The molecule has 0 radical (unpaired) electrons. The van der Waals surface area contributed by atoms with Gasteiger partial charge < -0.3 is 14.6 Å². The van der Waals surface area contributed by atoms with Crippen molar-refractivity contribution in [2.24, 2.45) is 0 Å². The van der Waals surface area contributed by atoms with Gasteiger partial charge in [0.05, 0.1) is 5.02 Å². The number of aromatic hydroxyl groups is 2. The van der Waals surface area contributed by atoms with E-state index in [4.69, 9.17) is 16.0 Å². The van der Waals surface area contributed by atoms with Crippen LogP contribution in [0.2, 0.25) is 5.02 Å². The van der Waals surface area contributed by atoms with Crippen LogP contribution in [0.5, 0.6) is 11.5 Å². The van der Waals surface area contributed by atoms with E-state index < -0.39 is 0 Å². The maximum Gasteiger partial charge on any atom is 0.227 e. The molecular formula is C19H12ClNO3. The Hall–Kier alpha value is -2.98. The molecule has 1 heterocycles. The molecule has 0 unspecified atom stereocenters. The van der Waals surface area contributed by atoms with E-state index in [0.29, 0.717) is 17.0 Å². The fourth-order valence-corrected chi connectivity index (χ4v) is 2.73. The first-order chi connectivity index (χ1) is 11.6. The lowest BCUT2D eigenvalue weighted by atomic mass is 10.1. The summed E-state index contributed by atoms with van der Waals surface area (Å²) in [4.78, 5) is 4.45. The quantitative estimate of drug-likeness (QED) is 0.526. The Labute approximate surface area is 142 Å². The molecule has 4 rings (SSSR count). The number of benzene rings is 3. The maximum absolute atomic E-state index is 9.62. The van der Waals surface area contributed by atoms with Crippen molar-refractivity contribution >= 4 is 22.7 Å². The van der Waals surface area contributed by atoms with Gasteiger partial charge in [-0.25, -0.2) is 4.98 Å². The predicted molar refractivity (Wildman–Crippen MR) is 93.2 cm³/mol. The number of aromatic nitrogens is 1. The SMILES string of the molecule is Oc1cccc(-c2ccc3nc(-c4ccc(O)c(Cl)c4)oc3c2)c1. The number of fused-ring (bicyclic) bond motifs is 1. The summed E-state index contributed by atoms with van der Waals surface area (Å²) < 4.78 is 5.83. The summed E-state index contributed by atoms with van der Waals surface area (Å²) in [5, 5.41) is 19.4. The summed E-state index contributed by atoms with van der Waals surface area (Å²) in [5.74, 6) is 0.659. The van der Waals surface area contributed by atoms with Gasteiger partial charge in [-0.1, -0.05) is 29.8 Å². The van der Waals surface area contributed by atoms with Gasteiger partial charge in [0, 0.05) is 5.56 Å². The molecule has 0 saturated heterocycles. The monoisotopic (exact) mass is 337 g/mol. The van der Waals surface area contributed by atoms with Crippen LogP contribution in [-0.2, 0) is 0 Å². The number of nitrogens with zero attached hydrogens (tertiary/aromatic N) is 1. The molecule has 118 valence electrons. The van der Waals surface area contributed by atoms with E-state index in [2.05, 4.69) is 4.98 Å². The molecule has 0 fully saturated rings. The van der Waals surface area contributed by atoms with E-state index in [9.17, 15) is 10.2 Å². The molecule has 0 amide bonds. The Morgan fingerprint density at radius 2 is 1.62 bits per heavy atom. The van der Waals surface area contributed by atoms with Crippen LogP contribution in [0.4, 0.5) is 0 Å². The number of halogens is 1. The smallest absolute Gasteiger partial charge is 0.227 e. The third kappa shape index (κ3) is 2.57. The first-order valence-corrected chi connectivity index (χ1v) is 7.67. The van der Waals surface area contributed by atoms with Crippen LogP contribution in [0.25, 0.3) is 33.7 Å². The largest absolute Gasteiger partial charge is 0.508 e. The fraction of sp³-hybridized carbons (Fsp3) is 0. The van der Waals surface area contributed by atoms with Crippen LogP contribution in [0.15, 0.2) is 65.1 Å². The zero-order chi connectivity index (χ0) is 16.7. The fourth-order valence-electron chi connectivity index (χ4n) is 2.55. The molecule has 0 saturated carbocycles. The molecule has 2 N–H and O–H groups in total. The minimum atomic E-state index is 0.0164. The van der Waals surface area contributed by atoms with Gasteiger partial charge in [0.2, 0.25) is 5.89 Å². The average molecular weight is 338 g/mol. The number of rotatable bonds is 2. The van der Waals surface area contributed by atoms with Crippen LogP contribution in [-0.4, -0.2) is 15.2 Å². The van der Waals surface area contributed by atoms with Crippen molar-refractivity contribution < 1.29 is 14.6 Å². The Balaban J connectivity index is 1.80. The number of oxazole rings is 1. The molecular weight excluding hydrogens is 326 g/mol. The molecule has 3 aromatic carbocycles. The van der Waals surface area contributed by atoms with Gasteiger partial charge in [0.15, 0.2) is 5.58 Å². The molecule has 4 aromatic rings. The van der Waals surface area contributed by atoms with E-state index in [1.165, 1.54) is 6.07 Å². The van der Waals surface area contributed by atoms with Gasteiger partial charge in [0.1, 0.15) is 17.0 Å². The van der Waals surface area contributed by atoms with Gasteiger partial charge >= 0.3 is 0 Å². The minimum absolute atomic E-state index is 0.0164. The van der Waals surface area contributed by atoms with Crippen LogP contribution in [0.1, 0.15) is 0 Å². The van der Waals surface area contributed by atoms with E-state index in [1.807, 2.05) is 24.3 Å². The van der Waals surface area contributed by atoms with Crippen molar-refractivity contribution in [3.8, 4) is 34.1 Å². The predicted octanol–water partition coefficient (Wildman–Crippen LogP) is 5.23. The Morgan fingerprint density at radius 1 is 0.833 bits per heavy atom. The molecule has 5 heteroatoms. The van der Waals surface area contributed by atoms with Crippen molar-refractivity contribution in [2.75, 3.05) is 0 Å². The lowest BCUT2D eigenvalue weighted by molar-refractivity contribution is 0.475. The molecule has 0 spiro atoms. The molecule has 4 nitrogen and oxygen atoms in total. The van der Waals surface area contributed by atoms with Gasteiger partial charge in [-0.3, -0.25) is 0 Å². The van der Waals surface area contributed by atoms with Gasteiger partial charge in [-0.2, -0.15) is 0 Å². The van der Waals surface area contributed by atoms with Gasteiger partial charge in [-0.15, -0.1) is 0 Å². The van der Waals surface area contributed by atoms with Crippen molar-refractivity contribution in [3.05, 3.63) is 65.7 Å². The molecule has 0 aliphatic rings. The summed E-state index contributed by atoms with van der Waals surface area (Å²) in [6, 6.07) is 17.5. The van der Waals surface area contributed by atoms with E-state index in [0.717, 1.165) is 16.6 Å². The highest BCUT2D eigenvalue weighted by Crippen LogP contribution is 2.32. The number of hydrogen-bond donors (Lipinski definition) is 2. The molecule has 1 aromatic heterocycles. The lowest BCUT2D eigenvalue weighted by Crippen LogP contribution is -1.78. The first kappa shape index (κ1) is 14.6. The van der Waals surface area contributed by atoms with Gasteiger partial charge in [0.25, 0.3) is 0 Å². The zero-order valence-corrected chi connectivity index (χ0v) is 13.2. The number of hydrogen-bond acceptors (Lipinski definition) is 4. The summed E-state index contributed by atoms with van der Waals surface area (Å²) in [7, 11) is 0. The van der Waals surface area contributed by atoms with E-state index >= 15 is 0 Å².